The predicted octanol–water partition coefficient (Wildman–Crippen LogP) is 2.45. The second kappa shape index (κ2) is 5.22. The predicted molar refractivity (Wildman–Crippen MR) is 73.8 cm³/mol. The highest BCUT2D eigenvalue weighted by Crippen LogP contribution is 2.18. The molecule has 0 fully saturated rings. The number of nitrogens with zero attached hydrogens (tertiary/aromatic N) is 3. The van der Waals surface area contributed by atoms with Crippen LogP contribution in [0.1, 0.15) is 17.3 Å². The Balaban J connectivity index is 1.90. The number of hydrogen-bond donors (Lipinski definition) is 1. The van der Waals surface area contributed by atoms with Crippen molar-refractivity contribution in [1.29, 1.82) is 0 Å². The van der Waals surface area contributed by atoms with E-state index in [1.54, 1.807) is 18.3 Å². The van der Waals surface area contributed by atoms with Crippen molar-refractivity contribution in [2.24, 2.45) is 5.73 Å². The van der Waals surface area contributed by atoms with Crippen molar-refractivity contribution in [3.05, 3.63) is 77.9 Å². The highest BCUT2D eigenvalue weighted by Gasteiger charge is 2.14. The molecule has 0 saturated heterocycles. The maximum absolute atomic E-state index is 13.2. The fourth-order valence-corrected chi connectivity index (χ4v) is 1.97. The summed E-state index contributed by atoms with van der Waals surface area (Å²) >= 11 is 0. The quantitative estimate of drug-likeness (QED) is 0.793. The molecule has 0 amide bonds. The summed E-state index contributed by atoms with van der Waals surface area (Å²) < 4.78 is 13.2. The first-order chi connectivity index (χ1) is 9.74. The van der Waals surface area contributed by atoms with E-state index in [2.05, 4.69) is 10.2 Å². The molecule has 0 aliphatic carbocycles. The molecule has 0 aliphatic heterocycles. The van der Waals surface area contributed by atoms with Gasteiger partial charge in [-0.15, -0.1) is 0 Å². The molecule has 4 nitrogen and oxygen atoms in total. The van der Waals surface area contributed by atoms with E-state index in [9.17, 15) is 4.39 Å². The van der Waals surface area contributed by atoms with E-state index in [1.165, 1.54) is 16.9 Å². The lowest BCUT2D eigenvalue weighted by molar-refractivity contribution is 0.622. The Morgan fingerprint density at radius 2 is 1.85 bits per heavy atom. The summed E-state index contributed by atoms with van der Waals surface area (Å²) in [6.45, 7) is 0. The van der Waals surface area contributed by atoms with Gasteiger partial charge in [0, 0.05) is 0 Å². The third-order valence-corrected chi connectivity index (χ3v) is 3.02. The number of hydrogen-bond acceptors (Lipinski definition) is 3. The van der Waals surface area contributed by atoms with Crippen LogP contribution in [0, 0.1) is 5.82 Å². The van der Waals surface area contributed by atoms with Crippen molar-refractivity contribution in [2.75, 3.05) is 0 Å². The van der Waals surface area contributed by atoms with Crippen LogP contribution < -0.4 is 5.73 Å². The maximum Gasteiger partial charge on any atom is 0.123 e. The number of halogens is 1. The summed E-state index contributed by atoms with van der Waals surface area (Å²) in [6, 6.07) is 15.2. The van der Waals surface area contributed by atoms with Crippen molar-refractivity contribution >= 4 is 0 Å². The third-order valence-electron chi connectivity index (χ3n) is 3.02. The van der Waals surface area contributed by atoms with Crippen molar-refractivity contribution in [1.82, 2.24) is 15.0 Å². The van der Waals surface area contributed by atoms with Gasteiger partial charge in [0.1, 0.15) is 11.5 Å². The molecule has 0 bridgehead atoms. The van der Waals surface area contributed by atoms with E-state index in [4.69, 9.17) is 5.73 Å². The minimum atomic E-state index is -0.497. The monoisotopic (exact) mass is 268 g/mol. The Bertz CT molecular complexity index is 709. The Kier molecular flexibility index (Phi) is 3.26. The molecule has 1 unspecified atom stereocenters. The molecule has 3 rings (SSSR count). The van der Waals surface area contributed by atoms with Gasteiger partial charge in [0.25, 0.3) is 0 Å². The molecule has 1 atom stereocenters. The van der Waals surface area contributed by atoms with Gasteiger partial charge >= 0.3 is 0 Å². The first-order valence-electron chi connectivity index (χ1n) is 6.23. The first kappa shape index (κ1) is 12.5. The van der Waals surface area contributed by atoms with E-state index >= 15 is 0 Å². The number of para-hydroxylation sites is 1. The number of benzene rings is 2. The van der Waals surface area contributed by atoms with Gasteiger partial charge in [-0.2, -0.15) is 15.0 Å². The number of rotatable bonds is 3. The molecule has 0 saturated carbocycles. The zero-order chi connectivity index (χ0) is 13.9. The van der Waals surface area contributed by atoms with Crippen molar-refractivity contribution < 1.29 is 4.39 Å². The standard InChI is InChI=1S/C15H13FN4/c16-12-6-4-5-11(9-12)15(17)14-10-18-20(19-14)13-7-2-1-3-8-13/h1-10,15H,17H2. The van der Waals surface area contributed by atoms with Gasteiger partial charge in [0.15, 0.2) is 0 Å². The van der Waals surface area contributed by atoms with Crippen LogP contribution >= 0.6 is 0 Å². The maximum atomic E-state index is 13.2. The fraction of sp³-hybridized carbons (Fsp3) is 0.0667. The zero-order valence-corrected chi connectivity index (χ0v) is 10.6. The largest absolute Gasteiger partial charge is 0.319 e. The minimum Gasteiger partial charge on any atom is -0.319 e. The van der Waals surface area contributed by atoms with Crippen molar-refractivity contribution in [3.63, 3.8) is 0 Å². The average Bonchev–Trinajstić information content (AvgIpc) is 2.97. The van der Waals surface area contributed by atoms with Crippen LogP contribution in [0.3, 0.4) is 0 Å². The average molecular weight is 268 g/mol. The van der Waals surface area contributed by atoms with Crippen LogP contribution in [0.25, 0.3) is 5.69 Å². The molecule has 1 heterocycles. The number of nitrogens with two attached hydrogens (primary N) is 1. The second-order valence-electron chi connectivity index (χ2n) is 4.43. The molecule has 100 valence electrons. The molecule has 2 aromatic carbocycles. The molecule has 3 aromatic rings. The van der Waals surface area contributed by atoms with Crippen LogP contribution in [0.2, 0.25) is 0 Å². The summed E-state index contributed by atoms with van der Waals surface area (Å²) in [5.41, 5.74) is 8.21. The summed E-state index contributed by atoms with van der Waals surface area (Å²) in [5.74, 6) is -0.312. The van der Waals surface area contributed by atoms with Crippen LogP contribution in [0.5, 0.6) is 0 Å². The van der Waals surface area contributed by atoms with Gasteiger partial charge in [0.05, 0.1) is 17.9 Å². The second-order valence-corrected chi connectivity index (χ2v) is 4.43. The van der Waals surface area contributed by atoms with Gasteiger partial charge in [-0.1, -0.05) is 30.3 Å². The Morgan fingerprint density at radius 1 is 1.05 bits per heavy atom. The first-order valence-corrected chi connectivity index (χ1v) is 6.23. The summed E-state index contributed by atoms with van der Waals surface area (Å²) in [4.78, 5) is 1.51. The van der Waals surface area contributed by atoms with E-state index < -0.39 is 6.04 Å². The SMILES string of the molecule is NC(c1cccc(F)c1)c1cnn(-c2ccccc2)n1. The Hall–Kier alpha value is -2.53. The molecular weight excluding hydrogens is 255 g/mol. The van der Waals surface area contributed by atoms with Crippen molar-refractivity contribution in [2.45, 2.75) is 6.04 Å². The van der Waals surface area contributed by atoms with E-state index in [0.717, 1.165) is 5.69 Å². The zero-order valence-electron chi connectivity index (χ0n) is 10.6. The third kappa shape index (κ3) is 2.44. The lowest BCUT2D eigenvalue weighted by atomic mass is 10.1. The van der Waals surface area contributed by atoms with E-state index in [-0.39, 0.29) is 5.82 Å². The highest BCUT2D eigenvalue weighted by molar-refractivity contribution is 5.30. The molecule has 0 aliphatic rings. The van der Waals surface area contributed by atoms with Gasteiger partial charge in [0.2, 0.25) is 0 Å². The molecule has 2 N–H and O–H groups in total. The van der Waals surface area contributed by atoms with Crippen LogP contribution in [0.15, 0.2) is 60.8 Å². The van der Waals surface area contributed by atoms with Gasteiger partial charge in [-0.05, 0) is 29.8 Å². The van der Waals surface area contributed by atoms with E-state index in [1.807, 2.05) is 30.3 Å². The van der Waals surface area contributed by atoms with Crippen LogP contribution in [0.4, 0.5) is 4.39 Å². The summed E-state index contributed by atoms with van der Waals surface area (Å²) in [6.07, 6.45) is 1.60. The smallest absolute Gasteiger partial charge is 0.123 e. The minimum absolute atomic E-state index is 0.312. The van der Waals surface area contributed by atoms with Crippen molar-refractivity contribution in [3.8, 4) is 5.69 Å². The van der Waals surface area contributed by atoms with Crippen LogP contribution in [-0.4, -0.2) is 15.0 Å². The normalized spacial score (nSPS) is 12.3. The van der Waals surface area contributed by atoms with Gasteiger partial charge in [-0.25, -0.2) is 4.39 Å². The molecule has 1 aromatic heterocycles. The van der Waals surface area contributed by atoms with Crippen LogP contribution in [-0.2, 0) is 0 Å². The lowest BCUT2D eigenvalue weighted by Crippen LogP contribution is -2.13. The highest BCUT2D eigenvalue weighted by atomic mass is 19.1. The molecule has 5 heteroatoms. The Labute approximate surface area is 115 Å². The fourth-order valence-electron chi connectivity index (χ4n) is 1.97. The molecule has 0 radical (unpaired) electrons. The lowest BCUT2D eigenvalue weighted by Gasteiger charge is -2.08. The molecule has 20 heavy (non-hydrogen) atoms. The van der Waals surface area contributed by atoms with Gasteiger partial charge < -0.3 is 5.73 Å². The molecular formula is C15H13FN4. The van der Waals surface area contributed by atoms with Gasteiger partial charge in [-0.3, -0.25) is 0 Å². The summed E-state index contributed by atoms with van der Waals surface area (Å²) in [5, 5.41) is 8.53. The number of aromatic nitrogens is 3. The topological polar surface area (TPSA) is 56.7 Å². The van der Waals surface area contributed by atoms with E-state index in [0.29, 0.717) is 11.3 Å². The molecule has 0 spiro atoms. The Morgan fingerprint density at radius 3 is 2.60 bits per heavy atom. The summed E-state index contributed by atoms with van der Waals surface area (Å²) in [7, 11) is 0.